The number of likely N-dealkylation sites (N-methyl/N-ethyl adjacent to an activating group) is 1. The van der Waals surface area contributed by atoms with Crippen LogP contribution in [0.4, 0.5) is 5.82 Å². The highest BCUT2D eigenvalue weighted by Gasteiger charge is 2.19. The molecule has 0 radical (unpaired) electrons. The van der Waals surface area contributed by atoms with E-state index in [1.54, 1.807) is 13.0 Å². The van der Waals surface area contributed by atoms with E-state index in [0.717, 1.165) is 25.9 Å². The molecule has 1 atom stereocenters. The number of rotatable bonds is 4. The minimum atomic E-state index is -0.0481. The molecule has 1 saturated heterocycles. The van der Waals surface area contributed by atoms with E-state index in [0.29, 0.717) is 24.2 Å². The number of nitrogens with zero attached hydrogens (tertiary/aromatic N) is 2. The summed E-state index contributed by atoms with van der Waals surface area (Å²) in [5.74, 6) is 1.13. The predicted octanol–water partition coefficient (Wildman–Crippen LogP) is 1.42. The fourth-order valence-corrected chi connectivity index (χ4v) is 2.40. The number of aromatic nitrogens is 1. The molecule has 1 aromatic heterocycles. The zero-order chi connectivity index (χ0) is 13.7. The Balaban J connectivity index is 0.00000200. The Hall–Kier alpha value is -1.11. The molecule has 20 heavy (non-hydrogen) atoms. The van der Waals surface area contributed by atoms with E-state index in [4.69, 9.17) is 4.52 Å². The molecular formula is C13H23ClN4O2. The topological polar surface area (TPSA) is 70.4 Å². The van der Waals surface area contributed by atoms with Crippen molar-refractivity contribution in [2.45, 2.75) is 32.2 Å². The number of nitrogens with one attached hydrogen (secondary N) is 2. The van der Waals surface area contributed by atoms with Crippen LogP contribution in [0.3, 0.4) is 0 Å². The van der Waals surface area contributed by atoms with Crippen molar-refractivity contribution in [2.24, 2.45) is 0 Å². The quantitative estimate of drug-likeness (QED) is 0.880. The Labute approximate surface area is 125 Å². The highest BCUT2D eigenvalue weighted by atomic mass is 35.5. The minimum absolute atomic E-state index is 0. The minimum Gasteiger partial charge on any atom is -0.360 e. The fourth-order valence-electron chi connectivity index (χ4n) is 2.40. The number of carbonyl (C=O) groups excluding carboxylic acids is 1. The van der Waals surface area contributed by atoms with Gasteiger partial charge in [0.15, 0.2) is 5.82 Å². The molecule has 0 saturated carbocycles. The monoisotopic (exact) mass is 302 g/mol. The summed E-state index contributed by atoms with van der Waals surface area (Å²) in [7, 11) is 2.00. The Morgan fingerprint density at radius 2 is 2.35 bits per heavy atom. The van der Waals surface area contributed by atoms with E-state index < -0.39 is 0 Å². The molecule has 0 bridgehead atoms. The Kier molecular flexibility index (Phi) is 6.98. The van der Waals surface area contributed by atoms with E-state index in [9.17, 15) is 4.79 Å². The van der Waals surface area contributed by atoms with Crippen molar-refractivity contribution < 1.29 is 9.32 Å². The molecule has 1 aromatic rings. The molecule has 1 aliphatic rings. The van der Waals surface area contributed by atoms with Gasteiger partial charge in [0.1, 0.15) is 5.76 Å². The number of anilines is 1. The van der Waals surface area contributed by atoms with Crippen LogP contribution in [0.15, 0.2) is 10.6 Å². The normalized spacial score (nSPS) is 19.2. The second-order valence-corrected chi connectivity index (χ2v) is 5.12. The summed E-state index contributed by atoms with van der Waals surface area (Å²) in [6.45, 7) is 4.29. The number of halogens is 1. The van der Waals surface area contributed by atoms with Crippen LogP contribution in [0.25, 0.3) is 0 Å². The number of hydrogen-bond donors (Lipinski definition) is 2. The van der Waals surface area contributed by atoms with Gasteiger partial charge < -0.3 is 15.2 Å². The first-order chi connectivity index (χ1) is 9.15. The molecule has 2 N–H and O–H groups in total. The summed E-state index contributed by atoms with van der Waals surface area (Å²) in [5, 5.41) is 9.88. The molecule has 7 heteroatoms. The van der Waals surface area contributed by atoms with Gasteiger partial charge in [-0.05, 0) is 46.3 Å². The number of carbonyl (C=O) groups is 1. The van der Waals surface area contributed by atoms with Gasteiger partial charge in [-0.25, -0.2) is 0 Å². The lowest BCUT2D eigenvalue weighted by Gasteiger charge is -2.25. The van der Waals surface area contributed by atoms with Crippen LogP contribution in [-0.2, 0) is 4.79 Å². The summed E-state index contributed by atoms with van der Waals surface area (Å²) >= 11 is 0. The van der Waals surface area contributed by atoms with Crippen LogP contribution < -0.4 is 10.6 Å². The smallest absolute Gasteiger partial charge is 0.239 e. The average Bonchev–Trinajstić information content (AvgIpc) is 2.64. The van der Waals surface area contributed by atoms with E-state index in [1.165, 1.54) is 6.42 Å². The van der Waals surface area contributed by atoms with E-state index in [1.807, 2.05) is 7.05 Å². The van der Waals surface area contributed by atoms with Crippen LogP contribution in [0.2, 0.25) is 0 Å². The van der Waals surface area contributed by atoms with Crippen LogP contribution >= 0.6 is 12.4 Å². The molecule has 0 aromatic carbocycles. The van der Waals surface area contributed by atoms with E-state index in [2.05, 4.69) is 20.7 Å². The maximum Gasteiger partial charge on any atom is 0.239 e. The third-order valence-corrected chi connectivity index (χ3v) is 3.46. The summed E-state index contributed by atoms with van der Waals surface area (Å²) in [6.07, 6.45) is 3.39. The lowest BCUT2D eigenvalue weighted by Crippen LogP contribution is -2.38. The Morgan fingerprint density at radius 3 is 3.05 bits per heavy atom. The lowest BCUT2D eigenvalue weighted by atomic mass is 10.1. The molecule has 2 heterocycles. The second kappa shape index (κ2) is 8.24. The van der Waals surface area contributed by atoms with Crippen molar-refractivity contribution in [2.75, 3.05) is 32.0 Å². The maximum atomic E-state index is 11.9. The molecule has 0 spiro atoms. The van der Waals surface area contributed by atoms with Gasteiger partial charge in [0.05, 0.1) is 6.54 Å². The van der Waals surface area contributed by atoms with Crippen molar-refractivity contribution >= 4 is 24.1 Å². The van der Waals surface area contributed by atoms with Gasteiger partial charge in [0.25, 0.3) is 0 Å². The molecule has 2 rings (SSSR count). The first kappa shape index (κ1) is 16.9. The molecular weight excluding hydrogens is 280 g/mol. The van der Waals surface area contributed by atoms with Gasteiger partial charge in [-0.2, -0.15) is 0 Å². The maximum absolute atomic E-state index is 11.9. The third-order valence-electron chi connectivity index (χ3n) is 3.46. The second-order valence-electron chi connectivity index (χ2n) is 5.12. The Bertz CT molecular complexity index is 416. The van der Waals surface area contributed by atoms with Gasteiger partial charge >= 0.3 is 0 Å². The largest absolute Gasteiger partial charge is 0.360 e. The molecule has 6 nitrogen and oxygen atoms in total. The number of hydrogen-bond acceptors (Lipinski definition) is 5. The van der Waals surface area contributed by atoms with Crippen LogP contribution in [-0.4, -0.2) is 48.7 Å². The highest BCUT2D eigenvalue weighted by Crippen LogP contribution is 2.12. The first-order valence-electron chi connectivity index (χ1n) is 6.79. The van der Waals surface area contributed by atoms with Crippen molar-refractivity contribution in [1.82, 2.24) is 15.4 Å². The zero-order valence-corrected chi connectivity index (χ0v) is 12.8. The molecule has 1 fully saturated rings. The van der Waals surface area contributed by atoms with Crippen LogP contribution in [0.1, 0.15) is 25.0 Å². The molecule has 1 unspecified atom stereocenters. The predicted molar refractivity (Wildman–Crippen MR) is 80.3 cm³/mol. The van der Waals surface area contributed by atoms with Crippen molar-refractivity contribution in [3.05, 3.63) is 11.8 Å². The van der Waals surface area contributed by atoms with Crippen LogP contribution in [0.5, 0.6) is 0 Å². The van der Waals surface area contributed by atoms with Crippen LogP contribution in [0, 0.1) is 6.92 Å². The molecule has 0 aliphatic carbocycles. The van der Waals surface area contributed by atoms with Gasteiger partial charge in [-0.1, -0.05) is 5.16 Å². The molecule has 114 valence electrons. The third kappa shape index (κ3) is 5.11. The van der Waals surface area contributed by atoms with Gasteiger partial charge in [-0.15, -0.1) is 12.4 Å². The first-order valence-corrected chi connectivity index (χ1v) is 6.79. The highest BCUT2D eigenvalue weighted by molar-refractivity contribution is 5.91. The fraction of sp³-hybridized carbons (Fsp3) is 0.692. The SMILES string of the molecule is Cc1cc(NC(=O)CN(C)C2CCCNCC2)no1.Cl. The lowest BCUT2D eigenvalue weighted by molar-refractivity contribution is -0.117. The average molecular weight is 303 g/mol. The van der Waals surface area contributed by atoms with Crippen molar-refractivity contribution in [1.29, 1.82) is 0 Å². The summed E-state index contributed by atoms with van der Waals surface area (Å²) in [4.78, 5) is 14.0. The Morgan fingerprint density at radius 1 is 1.55 bits per heavy atom. The van der Waals surface area contributed by atoms with Crippen molar-refractivity contribution in [3.8, 4) is 0 Å². The van der Waals surface area contributed by atoms with Gasteiger partial charge in [0, 0.05) is 12.1 Å². The van der Waals surface area contributed by atoms with E-state index >= 15 is 0 Å². The molecule has 1 amide bonds. The van der Waals surface area contributed by atoms with Gasteiger partial charge in [0.2, 0.25) is 5.91 Å². The summed E-state index contributed by atoms with van der Waals surface area (Å²) in [6, 6.07) is 2.19. The van der Waals surface area contributed by atoms with E-state index in [-0.39, 0.29) is 18.3 Å². The number of aryl methyl sites for hydroxylation is 1. The molecule has 1 aliphatic heterocycles. The zero-order valence-electron chi connectivity index (χ0n) is 12.0. The summed E-state index contributed by atoms with van der Waals surface area (Å²) in [5.41, 5.74) is 0. The standard InChI is InChI=1S/C13H22N4O2.ClH/c1-10-8-12(16-19-10)15-13(18)9-17(2)11-4-3-6-14-7-5-11;/h8,11,14H,3-7,9H2,1-2H3,(H,15,16,18);1H. The summed E-state index contributed by atoms with van der Waals surface area (Å²) < 4.78 is 4.92. The van der Waals surface area contributed by atoms with Gasteiger partial charge in [-0.3, -0.25) is 9.69 Å². The number of amides is 1. The van der Waals surface area contributed by atoms with Crippen molar-refractivity contribution in [3.63, 3.8) is 0 Å².